The van der Waals surface area contributed by atoms with Crippen LogP contribution >= 0.6 is 0 Å². The molecule has 3 N–H and O–H groups in total. The number of Topliss-reactive ketones (excluding diaryl/α,β-unsaturated/α-hetero) is 1. The summed E-state index contributed by atoms with van der Waals surface area (Å²) < 4.78 is 88.2. The zero-order valence-electron chi connectivity index (χ0n) is 23.7. The van der Waals surface area contributed by atoms with Crippen LogP contribution in [0.4, 0.5) is 17.6 Å². The number of carbonyl (C=O) groups is 2. The number of alkyl halides is 4. The lowest BCUT2D eigenvalue weighted by atomic mass is 9.43. The molecule has 4 saturated carbocycles. The van der Waals surface area contributed by atoms with E-state index in [1.807, 2.05) is 13.8 Å². The number of ether oxygens (including phenoxy) is 1. The predicted molar refractivity (Wildman–Crippen MR) is 138 cm³/mol. The van der Waals surface area contributed by atoms with E-state index in [4.69, 9.17) is 4.55 Å². The van der Waals surface area contributed by atoms with Crippen molar-refractivity contribution in [1.29, 1.82) is 0 Å². The Morgan fingerprint density at radius 1 is 1.10 bits per heavy atom. The molecule has 4 aliphatic carbocycles. The third-order valence-electron chi connectivity index (χ3n) is 11.5. The fourth-order valence-corrected chi connectivity index (χ4v) is 9.57. The summed E-state index contributed by atoms with van der Waals surface area (Å²) in [5.41, 5.74) is -0.670. The molecule has 4 rings (SSSR count). The lowest BCUT2D eigenvalue weighted by molar-refractivity contribution is -0.182. The van der Waals surface area contributed by atoms with Crippen LogP contribution in [0.5, 0.6) is 0 Å². The Bertz CT molecular complexity index is 1130. The van der Waals surface area contributed by atoms with Gasteiger partial charge in [-0.25, -0.2) is 0 Å². The largest absolute Gasteiger partial charge is 0.465 e. The van der Waals surface area contributed by atoms with Crippen molar-refractivity contribution in [1.82, 2.24) is 0 Å². The zero-order chi connectivity index (χ0) is 30.8. The smallest absolute Gasteiger partial charge is 0.431 e. The number of carbonyl (C=O) groups excluding carboxylic acids is 2. The minimum absolute atomic E-state index is 0.0134. The minimum atomic E-state index is -6.36. The zero-order valence-corrected chi connectivity index (χ0v) is 24.5. The van der Waals surface area contributed by atoms with E-state index in [2.05, 4.69) is 11.7 Å². The molecule has 0 heterocycles. The Labute approximate surface area is 238 Å². The van der Waals surface area contributed by atoms with E-state index in [0.29, 0.717) is 25.7 Å². The molecule has 8 nitrogen and oxygen atoms in total. The van der Waals surface area contributed by atoms with Gasteiger partial charge in [-0.3, -0.25) is 14.1 Å². The van der Waals surface area contributed by atoms with Gasteiger partial charge >= 0.3 is 27.3 Å². The molecule has 0 radical (unpaired) electrons. The summed E-state index contributed by atoms with van der Waals surface area (Å²) in [6.07, 6.45) is 1.85. The minimum Gasteiger partial charge on any atom is -0.465 e. The average molecular weight is 615 g/mol. The Morgan fingerprint density at radius 2 is 1.76 bits per heavy atom. The SMILES string of the molecule is C[C@H](CCC(=O)OCCC(F)(F)C(F)(F)S(=O)(=O)O)[C@H]1CC[C@H]2[C@@H]3C(=O)CC4CC(O)CC[C@]4(C)[C@H]3CC(O)[C@]12C. The summed E-state index contributed by atoms with van der Waals surface area (Å²) in [4.78, 5) is 25.7. The van der Waals surface area contributed by atoms with Crippen molar-refractivity contribution in [3.05, 3.63) is 0 Å². The molecule has 236 valence electrons. The van der Waals surface area contributed by atoms with Gasteiger partial charge in [0.05, 0.1) is 25.2 Å². The highest BCUT2D eigenvalue weighted by atomic mass is 32.2. The molecule has 0 amide bonds. The molecule has 0 spiro atoms. The molecule has 0 aromatic rings. The van der Waals surface area contributed by atoms with Crippen molar-refractivity contribution in [2.45, 2.75) is 108 Å². The van der Waals surface area contributed by atoms with Crippen LogP contribution in [0.1, 0.15) is 85.0 Å². The number of hydrogen-bond donors (Lipinski definition) is 3. The lowest BCUT2D eigenvalue weighted by Gasteiger charge is -2.61. The Kier molecular flexibility index (Phi) is 8.75. The molecule has 4 aliphatic rings. The first-order valence-corrected chi connectivity index (χ1v) is 16.0. The summed E-state index contributed by atoms with van der Waals surface area (Å²) in [5.74, 6) is -5.97. The second-order valence-corrected chi connectivity index (χ2v) is 15.0. The maximum absolute atomic E-state index is 13.6. The second-order valence-electron chi connectivity index (χ2n) is 13.5. The summed E-state index contributed by atoms with van der Waals surface area (Å²) in [6.45, 7) is 5.00. The number of rotatable bonds is 9. The van der Waals surface area contributed by atoms with E-state index in [1.54, 1.807) is 0 Å². The molecule has 10 atom stereocenters. The third-order valence-corrected chi connectivity index (χ3v) is 12.5. The van der Waals surface area contributed by atoms with Gasteiger partial charge < -0.3 is 14.9 Å². The molecular weight excluding hydrogens is 572 g/mol. The van der Waals surface area contributed by atoms with E-state index in [0.717, 1.165) is 19.3 Å². The van der Waals surface area contributed by atoms with Crippen molar-refractivity contribution >= 4 is 21.9 Å². The average Bonchev–Trinajstić information content (AvgIpc) is 3.22. The number of aliphatic hydroxyl groups excluding tert-OH is 2. The molecule has 0 bridgehead atoms. The van der Waals surface area contributed by atoms with Gasteiger partial charge in [0.2, 0.25) is 0 Å². The monoisotopic (exact) mass is 614 g/mol. The van der Waals surface area contributed by atoms with E-state index in [-0.39, 0.29) is 59.5 Å². The topological polar surface area (TPSA) is 138 Å². The maximum Gasteiger partial charge on any atom is 0.431 e. The highest BCUT2D eigenvalue weighted by Gasteiger charge is 2.66. The fourth-order valence-electron chi connectivity index (χ4n) is 9.09. The third kappa shape index (κ3) is 5.46. The van der Waals surface area contributed by atoms with Gasteiger partial charge in [-0.2, -0.15) is 26.0 Å². The molecular formula is C28H42F4O8S. The number of aliphatic hydroxyl groups is 2. The number of ketones is 1. The number of hydrogen-bond acceptors (Lipinski definition) is 7. The Morgan fingerprint density at radius 3 is 2.39 bits per heavy atom. The van der Waals surface area contributed by atoms with Crippen molar-refractivity contribution in [2.24, 2.45) is 46.3 Å². The van der Waals surface area contributed by atoms with E-state index >= 15 is 0 Å². The molecule has 3 unspecified atom stereocenters. The quantitative estimate of drug-likeness (QED) is 0.194. The van der Waals surface area contributed by atoms with Gasteiger partial charge in [-0.05, 0) is 80.0 Å². The van der Waals surface area contributed by atoms with Gasteiger partial charge in [0.1, 0.15) is 5.78 Å². The first kappa shape index (κ1) is 32.6. The Balaban J connectivity index is 1.36. The molecule has 0 aliphatic heterocycles. The molecule has 13 heteroatoms. The highest BCUT2D eigenvalue weighted by Crippen LogP contribution is 2.67. The molecule has 0 aromatic carbocycles. The summed E-state index contributed by atoms with van der Waals surface area (Å²) in [7, 11) is -6.36. The second kappa shape index (κ2) is 11.0. The molecule has 4 fully saturated rings. The van der Waals surface area contributed by atoms with E-state index < -0.39 is 57.9 Å². The number of halogens is 4. The van der Waals surface area contributed by atoms with Crippen molar-refractivity contribution in [2.75, 3.05) is 6.61 Å². The lowest BCUT2D eigenvalue weighted by Crippen LogP contribution is -2.61. The van der Waals surface area contributed by atoms with E-state index in [1.165, 1.54) is 0 Å². The van der Waals surface area contributed by atoms with Crippen LogP contribution in [0, 0.1) is 46.3 Å². The van der Waals surface area contributed by atoms with Crippen LogP contribution in [0.15, 0.2) is 0 Å². The van der Waals surface area contributed by atoms with Gasteiger partial charge in [-0.1, -0.05) is 20.8 Å². The summed E-state index contributed by atoms with van der Waals surface area (Å²) in [6, 6.07) is 0. The van der Waals surface area contributed by atoms with Crippen LogP contribution in [0.2, 0.25) is 0 Å². The van der Waals surface area contributed by atoms with Crippen molar-refractivity contribution in [3.8, 4) is 0 Å². The van der Waals surface area contributed by atoms with Crippen molar-refractivity contribution in [3.63, 3.8) is 0 Å². The molecule has 41 heavy (non-hydrogen) atoms. The predicted octanol–water partition coefficient (Wildman–Crippen LogP) is 4.62. The molecule has 0 aromatic heterocycles. The van der Waals surface area contributed by atoms with Crippen LogP contribution in [-0.2, 0) is 24.4 Å². The fraction of sp³-hybridized carbons (Fsp3) is 0.929. The van der Waals surface area contributed by atoms with Crippen LogP contribution < -0.4 is 0 Å². The number of fused-ring (bicyclic) bond motifs is 5. The van der Waals surface area contributed by atoms with Crippen LogP contribution in [0.3, 0.4) is 0 Å². The van der Waals surface area contributed by atoms with Gasteiger partial charge in [0.25, 0.3) is 0 Å². The first-order valence-electron chi connectivity index (χ1n) is 14.5. The maximum atomic E-state index is 13.6. The Hall–Kier alpha value is -1.31. The summed E-state index contributed by atoms with van der Waals surface area (Å²) in [5, 5.41) is 16.1. The van der Waals surface area contributed by atoms with Crippen LogP contribution in [-0.4, -0.2) is 64.9 Å². The van der Waals surface area contributed by atoms with Gasteiger partial charge in [0.15, 0.2) is 0 Å². The standard InChI is InChI=1S/C28H42F4O8S/c1-15(4-7-23(36)40-11-10-27(29,30)28(31,32)41(37,38)39)18-5-6-19-24-20(14-22(35)26(18,19)3)25(2)9-8-17(33)12-16(25)13-21(24)34/h15-20,22,24,33,35H,4-14H2,1-3H3,(H,37,38,39)/t15-,16?,17?,18-,19+,20+,22?,24+,25+,26-/m1/s1. The van der Waals surface area contributed by atoms with Gasteiger partial charge in [0, 0.05) is 24.2 Å². The summed E-state index contributed by atoms with van der Waals surface area (Å²) >= 11 is 0. The first-order chi connectivity index (χ1) is 18.8. The van der Waals surface area contributed by atoms with Gasteiger partial charge in [-0.15, -0.1) is 0 Å². The highest BCUT2D eigenvalue weighted by molar-refractivity contribution is 7.87. The van der Waals surface area contributed by atoms with Crippen LogP contribution in [0.25, 0.3) is 0 Å². The van der Waals surface area contributed by atoms with Crippen molar-refractivity contribution < 1.29 is 55.1 Å². The normalized spacial score (nSPS) is 40.3. The number of esters is 1. The van der Waals surface area contributed by atoms with E-state index in [9.17, 15) is 45.8 Å². The molecule has 0 saturated heterocycles.